The number of ether oxygens (including phenoxy) is 2. The molecular formula is C26H35N3O3. The molecule has 3 rings (SSSR count). The summed E-state index contributed by atoms with van der Waals surface area (Å²) in [5.41, 5.74) is 1.83. The lowest BCUT2D eigenvalue weighted by atomic mass is 9.96. The zero-order valence-electron chi connectivity index (χ0n) is 19.7. The Labute approximate surface area is 190 Å². The number of nitrogens with zero attached hydrogens (tertiary/aromatic N) is 2. The quantitative estimate of drug-likeness (QED) is 0.429. The van der Waals surface area contributed by atoms with Crippen molar-refractivity contribution < 1.29 is 14.3 Å². The molecule has 32 heavy (non-hydrogen) atoms. The maximum absolute atomic E-state index is 12.1. The first kappa shape index (κ1) is 23.6. The van der Waals surface area contributed by atoms with Crippen LogP contribution in [-0.4, -0.2) is 35.7 Å². The number of aryl methyl sites for hydroxylation is 2. The predicted octanol–water partition coefficient (Wildman–Crippen LogP) is 5.00. The van der Waals surface area contributed by atoms with Gasteiger partial charge in [-0.2, -0.15) is 0 Å². The summed E-state index contributed by atoms with van der Waals surface area (Å²) in [6.07, 6.45) is 3.66. The molecular weight excluding hydrogens is 402 g/mol. The van der Waals surface area contributed by atoms with E-state index in [9.17, 15) is 4.79 Å². The summed E-state index contributed by atoms with van der Waals surface area (Å²) >= 11 is 0. The van der Waals surface area contributed by atoms with Crippen LogP contribution in [0.1, 0.15) is 45.9 Å². The lowest BCUT2D eigenvalue weighted by Crippen LogP contribution is -2.35. The molecule has 3 aromatic rings. The number of carbonyl (C=O) groups excluding carboxylic acids is 1. The fourth-order valence-corrected chi connectivity index (χ4v) is 3.51. The number of fused-ring (bicyclic) bond motifs is 1. The fourth-order valence-electron chi connectivity index (χ4n) is 3.51. The van der Waals surface area contributed by atoms with Gasteiger partial charge in [0.2, 0.25) is 5.91 Å². The van der Waals surface area contributed by atoms with Gasteiger partial charge in [-0.25, -0.2) is 4.98 Å². The summed E-state index contributed by atoms with van der Waals surface area (Å²) < 4.78 is 13.3. The Bertz CT molecular complexity index is 1000. The molecule has 0 saturated carbocycles. The molecule has 6 heteroatoms. The SMILES string of the molecule is COc1ccc(OCCCCn2c(CCCNC(=O)C(C)(C)C)nc3ccccc32)cc1. The Morgan fingerprint density at radius 3 is 2.44 bits per heavy atom. The number of amides is 1. The normalized spacial score (nSPS) is 11.5. The van der Waals surface area contributed by atoms with Crippen LogP contribution in [0.4, 0.5) is 0 Å². The van der Waals surface area contributed by atoms with Gasteiger partial charge in [0.1, 0.15) is 17.3 Å². The van der Waals surface area contributed by atoms with E-state index in [0.29, 0.717) is 13.2 Å². The van der Waals surface area contributed by atoms with Crippen molar-refractivity contribution in [1.29, 1.82) is 0 Å². The second-order valence-electron chi connectivity index (χ2n) is 9.01. The van der Waals surface area contributed by atoms with Crippen molar-refractivity contribution in [2.75, 3.05) is 20.3 Å². The highest BCUT2D eigenvalue weighted by Crippen LogP contribution is 2.20. The van der Waals surface area contributed by atoms with Gasteiger partial charge in [-0.1, -0.05) is 32.9 Å². The molecule has 0 aliphatic carbocycles. The summed E-state index contributed by atoms with van der Waals surface area (Å²) in [6, 6.07) is 15.9. The summed E-state index contributed by atoms with van der Waals surface area (Å²) in [6.45, 7) is 8.03. The highest BCUT2D eigenvalue weighted by Gasteiger charge is 2.20. The van der Waals surface area contributed by atoms with Gasteiger partial charge in [-0.15, -0.1) is 0 Å². The average molecular weight is 438 g/mol. The van der Waals surface area contributed by atoms with Crippen molar-refractivity contribution in [2.45, 2.75) is 53.0 Å². The van der Waals surface area contributed by atoms with Crippen LogP contribution >= 0.6 is 0 Å². The highest BCUT2D eigenvalue weighted by molar-refractivity contribution is 5.81. The second-order valence-corrected chi connectivity index (χ2v) is 9.01. The lowest BCUT2D eigenvalue weighted by molar-refractivity contribution is -0.128. The van der Waals surface area contributed by atoms with Gasteiger partial charge in [-0.05, 0) is 55.7 Å². The Morgan fingerprint density at radius 1 is 1.00 bits per heavy atom. The highest BCUT2D eigenvalue weighted by atomic mass is 16.5. The molecule has 1 heterocycles. The Morgan fingerprint density at radius 2 is 1.72 bits per heavy atom. The number of unbranched alkanes of at least 4 members (excludes halogenated alkanes) is 1. The summed E-state index contributed by atoms with van der Waals surface area (Å²) in [7, 11) is 1.66. The van der Waals surface area contributed by atoms with Gasteiger partial charge in [0.05, 0.1) is 24.8 Å². The van der Waals surface area contributed by atoms with Gasteiger partial charge in [0.25, 0.3) is 0 Å². The first-order valence-corrected chi connectivity index (χ1v) is 11.4. The summed E-state index contributed by atoms with van der Waals surface area (Å²) in [4.78, 5) is 16.9. The first-order chi connectivity index (χ1) is 15.4. The third kappa shape index (κ3) is 6.49. The van der Waals surface area contributed by atoms with E-state index in [1.54, 1.807) is 7.11 Å². The van der Waals surface area contributed by atoms with Crippen molar-refractivity contribution in [3.05, 3.63) is 54.4 Å². The number of nitrogens with one attached hydrogen (secondary N) is 1. The Hall–Kier alpha value is -3.02. The van der Waals surface area contributed by atoms with Gasteiger partial charge >= 0.3 is 0 Å². The van der Waals surface area contributed by atoms with Gasteiger partial charge in [-0.3, -0.25) is 4.79 Å². The summed E-state index contributed by atoms with van der Waals surface area (Å²) in [5.74, 6) is 2.85. The van der Waals surface area contributed by atoms with Crippen molar-refractivity contribution in [3.8, 4) is 11.5 Å². The van der Waals surface area contributed by atoms with Crippen LogP contribution in [0.5, 0.6) is 11.5 Å². The number of imidazole rings is 1. The van der Waals surface area contributed by atoms with Gasteiger partial charge in [0, 0.05) is 24.9 Å². The lowest BCUT2D eigenvalue weighted by Gasteiger charge is -2.17. The van der Waals surface area contributed by atoms with E-state index in [1.165, 1.54) is 0 Å². The van der Waals surface area contributed by atoms with Crippen LogP contribution in [0.25, 0.3) is 11.0 Å². The van der Waals surface area contributed by atoms with Crippen molar-refractivity contribution in [1.82, 2.24) is 14.9 Å². The van der Waals surface area contributed by atoms with Crippen LogP contribution in [0, 0.1) is 5.41 Å². The number of hydrogen-bond acceptors (Lipinski definition) is 4. The molecule has 6 nitrogen and oxygen atoms in total. The zero-order valence-corrected chi connectivity index (χ0v) is 19.7. The molecule has 0 bridgehead atoms. The van der Waals surface area contributed by atoms with Gasteiger partial charge in [0.15, 0.2) is 0 Å². The number of benzene rings is 2. The molecule has 0 fully saturated rings. The van der Waals surface area contributed by atoms with Crippen LogP contribution in [-0.2, 0) is 17.8 Å². The number of rotatable bonds is 11. The maximum Gasteiger partial charge on any atom is 0.225 e. The number of methoxy groups -OCH3 is 1. The molecule has 172 valence electrons. The van der Waals surface area contributed by atoms with Crippen molar-refractivity contribution in [3.63, 3.8) is 0 Å². The molecule has 0 radical (unpaired) electrons. The monoisotopic (exact) mass is 437 g/mol. The first-order valence-electron chi connectivity index (χ1n) is 11.4. The predicted molar refractivity (Wildman–Crippen MR) is 128 cm³/mol. The largest absolute Gasteiger partial charge is 0.497 e. The number of para-hydroxylation sites is 2. The molecule has 1 aromatic heterocycles. The fraction of sp³-hybridized carbons (Fsp3) is 0.462. The molecule has 0 spiro atoms. The Balaban J connectivity index is 1.51. The molecule has 1 N–H and O–H groups in total. The third-order valence-electron chi connectivity index (χ3n) is 5.38. The average Bonchev–Trinajstić information content (AvgIpc) is 3.13. The number of carbonyl (C=O) groups is 1. The van der Waals surface area contributed by atoms with E-state index in [-0.39, 0.29) is 11.3 Å². The van der Waals surface area contributed by atoms with E-state index < -0.39 is 0 Å². The molecule has 0 unspecified atom stereocenters. The molecule has 2 aromatic carbocycles. The Kier molecular flexibility index (Phi) is 8.14. The minimum atomic E-state index is -0.360. The van der Waals surface area contributed by atoms with Crippen LogP contribution < -0.4 is 14.8 Å². The number of hydrogen-bond donors (Lipinski definition) is 1. The topological polar surface area (TPSA) is 65.4 Å². The van der Waals surface area contributed by atoms with E-state index in [0.717, 1.165) is 60.6 Å². The van der Waals surface area contributed by atoms with E-state index >= 15 is 0 Å². The van der Waals surface area contributed by atoms with Crippen molar-refractivity contribution in [2.24, 2.45) is 5.41 Å². The van der Waals surface area contributed by atoms with Crippen LogP contribution in [0.3, 0.4) is 0 Å². The minimum Gasteiger partial charge on any atom is -0.497 e. The summed E-state index contributed by atoms with van der Waals surface area (Å²) in [5, 5.41) is 3.03. The van der Waals surface area contributed by atoms with Gasteiger partial charge < -0.3 is 19.4 Å². The van der Waals surface area contributed by atoms with Crippen LogP contribution in [0.2, 0.25) is 0 Å². The smallest absolute Gasteiger partial charge is 0.225 e. The maximum atomic E-state index is 12.1. The van der Waals surface area contributed by atoms with Crippen LogP contribution in [0.15, 0.2) is 48.5 Å². The molecule has 0 aliphatic rings. The molecule has 1 amide bonds. The molecule has 0 atom stereocenters. The van der Waals surface area contributed by atoms with E-state index in [4.69, 9.17) is 14.5 Å². The standard InChI is InChI=1S/C26H35N3O3/c1-26(2,3)25(30)27-17-9-12-24-28-22-10-5-6-11-23(22)29(24)18-7-8-19-32-21-15-13-20(31-4)14-16-21/h5-6,10-11,13-16H,7-9,12,17-19H2,1-4H3,(H,27,30). The minimum absolute atomic E-state index is 0.0860. The van der Waals surface area contributed by atoms with E-state index in [1.807, 2.05) is 51.1 Å². The van der Waals surface area contributed by atoms with E-state index in [2.05, 4.69) is 28.1 Å². The third-order valence-corrected chi connectivity index (χ3v) is 5.38. The zero-order chi connectivity index (χ0) is 23.0. The molecule has 0 saturated heterocycles. The number of aromatic nitrogens is 2. The van der Waals surface area contributed by atoms with Crippen molar-refractivity contribution >= 4 is 16.9 Å². The second kappa shape index (κ2) is 11.0. The molecule has 0 aliphatic heterocycles.